The Balaban J connectivity index is 1.92. The normalized spacial score (nSPS) is 10.7. The van der Waals surface area contributed by atoms with Gasteiger partial charge in [-0.05, 0) is 23.3 Å². The highest BCUT2D eigenvalue weighted by molar-refractivity contribution is 5.87. The summed E-state index contributed by atoms with van der Waals surface area (Å²) < 4.78 is 5.86. The fourth-order valence-corrected chi connectivity index (χ4v) is 2.20. The third kappa shape index (κ3) is 2.49. The van der Waals surface area contributed by atoms with Crippen LogP contribution in [0, 0.1) is 0 Å². The van der Waals surface area contributed by atoms with Crippen molar-refractivity contribution in [3.63, 3.8) is 0 Å². The highest BCUT2D eigenvalue weighted by atomic mass is 16.5. The molecule has 0 fully saturated rings. The monoisotopic (exact) mass is 265 g/mol. The van der Waals surface area contributed by atoms with Gasteiger partial charge in [-0.25, -0.2) is 0 Å². The molecule has 0 aliphatic heterocycles. The van der Waals surface area contributed by atoms with Crippen molar-refractivity contribution in [3.05, 3.63) is 71.9 Å². The van der Waals surface area contributed by atoms with Gasteiger partial charge < -0.3 is 9.84 Å². The maximum atomic E-state index is 9.37. The third-order valence-electron chi connectivity index (χ3n) is 3.23. The molecule has 0 bridgehead atoms. The van der Waals surface area contributed by atoms with Crippen LogP contribution in [0.25, 0.3) is 10.9 Å². The zero-order valence-electron chi connectivity index (χ0n) is 11.0. The molecule has 0 saturated carbocycles. The molecule has 0 aliphatic carbocycles. The lowest BCUT2D eigenvalue weighted by Gasteiger charge is -2.10. The van der Waals surface area contributed by atoms with Crippen LogP contribution in [0.4, 0.5) is 0 Å². The van der Waals surface area contributed by atoms with Gasteiger partial charge in [0.2, 0.25) is 0 Å². The zero-order chi connectivity index (χ0) is 13.8. The maximum absolute atomic E-state index is 9.37. The number of aliphatic hydroxyl groups excluding tert-OH is 1. The van der Waals surface area contributed by atoms with Crippen LogP contribution in [0.2, 0.25) is 0 Å². The molecule has 0 unspecified atom stereocenters. The van der Waals surface area contributed by atoms with E-state index in [9.17, 15) is 5.11 Å². The number of rotatable bonds is 4. The predicted octanol–water partition coefficient (Wildman–Crippen LogP) is 3.31. The summed E-state index contributed by atoms with van der Waals surface area (Å²) in [5, 5.41) is 10.3. The van der Waals surface area contributed by atoms with E-state index in [2.05, 4.69) is 4.98 Å². The van der Waals surface area contributed by atoms with Crippen molar-refractivity contribution in [2.24, 2.45) is 0 Å². The Hall–Kier alpha value is -2.39. The number of benzene rings is 2. The lowest BCUT2D eigenvalue weighted by atomic mass is 10.1. The van der Waals surface area contributed by atoms with Gasteiger partial charge in [0, 0.05) is 11.6 Å². The van der Waals surface area contributed by atoms with Gasteiger partial charge in [0.05, 0.1) is 6.61 Å². The fourth-order valence-electron chi connectivity index (χ4n) is 2.20. The van der Waals surface area contributed by atoms with E-state index in [4.69, 9.17) is 4.74 Å². The zero-order valence-corrected chi connectivity index (χ0v) is 11.0. The van der Waals surface area contributed by atoms with E-state index in [1.807, 2.05) is 54.6 Å². The highest BCUT2D eigenvalue weighted by Crippen LogP contribution is 2.27. The number of pyridine rings is 1. The lowest BCUT2D eigenvalue weighted by molar-refractivity contribution is 0.282. The summed E-state index contributed by atoms with van der Waals surface area (Å²) in [7, 11) is 0. The summed E-state index contributed by atoms with van der Waals surface area (Å²) in [4.78, 5) is 4.37. The van der Waals surface area contributed by atoms with Crippen LogP contribution in [-0.2, 0) is 13.2 Å². The summed E-state index contributed by atoms with van der Waals surface area (Å²) in [6, 6.07) is 17.6. The summed E-state index contributed by atoms with van der Waals surface area (Å²) >= 11 is 0. The minimum absolute atomic E-state index is 0.00115. The maximum Gasteiger partial charge on any atom is 0.146 e. The van der Waals surface area contributed by atoms with Gasteiger partial charge in [-0.3, -0.25) is 4.98 Å². The summed E-state index contributed by atoms with van der Waals surface area (Å²) in [5.74, 6) is 0.738. The molecule has 3 rings (SSSR count). The Morgan fingerprint density at radius 3 is 2.60 bits per heavy atom. The minimum Gasteiger partial charge on any atom is -0.487 e. The second kappa shape index (κ2) is 5.72. The predicted molar refractivity (Wildman–Crippen MR) is 78.4 cm³/mol. The molecule has 1 N–H and O–H groups in total. The average molecular weight is 265 g/mol. The van der Waals surface area contributed by atoms with Crippen LogP contribution in [0.15, 0.2) is 60.8 Å². The third-order valence-corrected chi connectivity index (χ3v) is 3.23. The van der Waals surface area contributed by atoms with Crippen LogP contribution in [0.5, 0.6) is 5.75 Å². The van der Waals surface area contributed by atoms with Crippen molar-refractivity contribution >= 4 is 10.9 Å². The van der Waals surface area contributed by atoms with Crippen molar-refractivity contribution in [1.29, 1.82) is 0 Å². The Kier molecular flexibility index (Phi) is 3.61. The number of aromatic nitrogens is 1. The molecule has 0 amide bonds. The van der Waals surface area contributed by atoms with Crippen molar-refractivity contribution in [1.82, 2.24) is 4.98 Å². The largest absolute Gasteiger partial charge is 0.487 e. The molecule has 0 saturated heterocycles. The molecule has 0 atom stereocenters. The number of hydrogen-bond acceptors (Lipinski definition) is 3. The quantitative estimate of drug-likeness (QED) is 0.787. The van der Waals surface area contributed by atoms with Crippen molar-refractivity contribution < 1.29 is 9.84 Å². The second-order valence-corrected chi connectivity index (χ2v) is 4.55. The summed E-state index contributed by atoms with van der Waals surface area (Å²) in [6.07, 6.45) is 1.73. The Morgan fingerprint density at radius 2 is 1.80 bits per heavy atom. The smallest absolute Gasteiger partial charge is 0.146 e. The van der Waals surface area contributed by atoms with Crippen LogP contribution in [-0.4, -0.2) is 10.1 Å². The first-order chi connectivity index (χ1) is 9.88. The van der Waals surface area contributed by atoms with E-state index in [0.717, 1.165) is 27.8 Å². The molecule has 100 valence electrons. The van der Waals surface area contributed by atoms with E-state index in [1.165, 1.54) is 0 Å². The van der Waals surface area contributed by atoms with E-state index in [-0.39, 0.29) is 6.61 Å². The lowest BCUT2D eigenvalue weighted by Crippen LogP contribution is -1.98. The molecule has 1 aromatic heterocycles. The Morgan fingerprint density at radius 1 is 0.950 bits per heavy atom. The Bertz CT molecular complexity index is 711. The van der Waals surface area contributed by atoms with Gasteiger partial charge in [-0.15, -0.1) is 0 Å². The van der Waals surface area contributed by atoms with E-state index < -0.39 is 0 Å². The number of hydrogen-bond donors (Lipinski definition) is 1. The summed E-state index contributed by atoms with van der Waals surface area (Å²) in [5.41, 5.74) is 2.76. The van der Waals surface area contributed by atoms with Crippen LogP contribution in [0.1, 0.15) is 11.1 Å². The average Bonchev–Trinajstić information content (AvgIpc) is 2.53. The molecular weight excluding hydrogens is 250 g/mol. The van der Waals surface area contributed by atoms with Gasteiger partial charge in [0.1, 0.15) is 17.9 Å². The topological polar surface area (TPSA) is 42.4 Å². The number of nitrogens with zero attached hydrogens (tertiary/aromatic N) is 1. The van der Waals surface area contributed by atoms with Crippen LogP contribution in [0.3, 0.4) is 0 Å². The van der Waals surface area contributed by atoms with Crippen molar-refractivity contribution in [3.8, 4) is 5.75 Å². The van der Waals surface area contributed by atoms with Crippen molar-refractivity contribution in [2.45, 2.75) is 13.2 Å². The first-order valence-electron chi connectivity index (χ1n) is 6.52. The molecule has 20 heavy (non-hydrogen) atoms. The van der Waals surface area contributed by atoms with E-state index in [0.29, 0.717) is 6.61 Å². The van der Waals surface area contributed by atoms with Gasteiger partial charge in [-0.2, -0.15) is 0 Å². The molecular formula is C17H15NO2. The van der Waals surface area contributed by atoms with Gasteiger partial charge in [-0.1, -0.05) is 42.5 Å². The SMILES string of the molecule is OCc1ccc(OCc2ccccc2)c2ncccc12. The fraction of sp³-hybridized carbons (Fsp3) is 0.118. The van der Waals surface area contributed by atoms with Gasteiger partial charge in [0.25, 0.3) is 0 Å². The molecule has 2 aromatic carbocycles. The molecule has 0 spiro atoms. The van der Waals surface area contributed by atoms with Crippen LogP contribution < -0.4 is 4.74 Å². The molecule has 3 nitrogen and oxygen atoms in total. The number of aliphatic hydroxyl groups is 1. The number of fused-ring (bicyclic) bond motifs is 1. The van der Waals surface area contributed by atoms with E-state index in [1.54, 1.807) is 6.20 Å². The first kappa shape index (κ1) is 12.6. The minimum atomic E-state index is 0.00115. The second-order valence-electron chi connectivity index (χ2n) is 4.55. The molecule has 3 heteroatoms. The highest BCUT2D eigenvalue weighted by Gasteiger charge is 2.07. The Labute approximate surface area is 117 Å². The number of ether oxygens (including phenoxy) is 1. The van der Waals surface area contributed by atoms with E-state index >= 15 is 0 Å². The molecule has 0 aliphatic rings. The van der Waals surface area contributed by atoms with Gasteiger partial charge in [0.15, 0.2) is 0 Å². The first-order valence-corrected chi connectivity index (χ1v) is 6.52. The summed E-state index contributed by atoms with van der Waals surface area (Å²) in [6.45, 7) is 0.506. The molecule has 0 radical (unpaired) electrons. The van der Waals surface area contributed by atoms with Crippen LogP contribution >= 0.6 is 0 Å². The van der Waals surface area contributed by atoms with Crippen molar-refractivity contribution in [2.75, 3.05) is 0 Å². The van der Waals surface area contributed by atoms with Gasteiger partial charge >= 0.3 is 0 Å². The molecule has 3 aromatic rings. The molecule has 1 heterocycles. The standard InChI is InChI=1S/C17H15NO2/c19-11-14-8-9-16(17-15(14)7-4-10-18-17)20-12-13-5-2-1-3-6-13/h1-10,19H,11-12H2.